The summed E-state index contributed by atoms with van der Waals surface area (Å²) in [4.78, 5) is 18.2. The molecule has 0 spiro atoms. The highest BCUT2D eigenvalue weighted by molar-refractivity contribution is 5.79. The SMILES string of the molecule is CCNC(=NCc1ccc(F)cc1)NCc1ccc(CN2CCCC2=O)cc1. The number of hydrogen-bond acceptors (Lipinski definition) is 2. The quantitative estimate of drug-likeness (QED) is 0.571. The van der Waals surface area contributed by atoms with Crippen LogP contribution in [0, 0.1) is 5.82 Å². The van der Waals surface area contributed by atoms with E-state index in [9.17, 15) is 9.18 Å². The summed E-state index contributed by atoms with van der Waals surface area (Å²) >= 11 is 0. The lowest BCUT2D eigenvalue weighted by Crippen LogP contribution is -2.36. The lowest BCUT2D eigenvalue weighted by Gasteiger charge is -2.16. The summed E-state index contributed by atoms with van der Waals surface area (Å²) in [6.45, 7) is 5.46. The molecular weight excluding hydrogens is 355 g/mol. The van der Waals surface area contributed by atoms with Crippen LogP contribution >= 0.6 is 0 Å². The van der Waals surface area contributed by atoms with Crippen molar-refractivity contribution in [2.24, 2.45) is 4.99 Å². The van der Waals surface area contributed by atoms with E-state index in [0.29, 0.717) is 26.1 Å². The van der Waals surface area contributed by atoms with Crippen molar-refractivity contribution in [1.29, 1.82) is 0 Å². The van der Waals surface area contributed by atoms with Gasteiger partial charge >= 0.3 is 0 Å². The van der Waals surface area contributed by atoms with Crippen molar-refractivity contribution >= 4 is 11.9 Å². The Morgan fingerprint density at radius 3 is 2.36 bits per heavy atom. The summed E-state index contributed by atoms with van der Waals surface area (Å²) in [6, 6.07) is 14.7. The first kappa shape index (κ1) is 19.9. The van der Waals surface area contributed by atoms with E-state index in [0.717, 1.165) is 42.2 Å². The van der Waals surface area contributed by atoms with Crippen LogP contribution < -0.4 is 10.6 Å². The molecule has 6 heteroatoms. The number of aliphatic imine (C=N–C) groups is 1. The summed E-state index contributed by atoms with van der Waals surface area (Å²) in [5.74, 6) is 0.729. The molecule has 1 fully saturated rings. The average molecular weight is 382 g/mol. The minimum atomic E-state index is -0.240. The number of benzene rings is 2. The number of nitrogens with zero attached hydrogens (tertiary/aromatic N) is 2. The minimum Gasteiger partial charge on any atom is -0.357 e. The fourth-order valence-corrected chi connectivity index (χ4v) is 3.14. The zero-order chi connectivity index (χ0) is 19.8. The van der Waals surface area contributed by atoms with Gasteiger partial charge in [-0.15, -0.1) is 0 Å². The maximum Gasteiger partial charge on any atom is 0.222 e. The molecule has 1 amide bonds. The average Bonchev–Trinajstić information content (AvgIpc) is 3.11. The van der Waals surface area contributed by atoms with E-state index in [2.05, 4.69) is 39.9 Å². The smallest absolute Gasteiger partial charge is 0.222 e. The Hall–Kier alpha value is -2.89. The maximum atomic E-state index is 13.0. The summed E-state index contributed by atoms with van der Waals surface area (Å²) in [7, 11) is 0. The van der Waals surface area contributed by atoms with Gasteiger partial charge in [-0.1, -0.05) is 36.4 Å². The Morgan fingerprint density at radius 1 is 1.04 bits per heavy atom. The van der Waals surface area contributed by atoms with Gasteiger partial charge < -0.3 is 15.5 Å². The van der Waals surface area contributed by atoms with Gasteiger partial charge in [0.05, 0.1) is 6.54 Å². The summed E-state index contributed by atoms with van der Waals surface area (Å²) in [5.41, 5.74) is 3.25. The van der Waals surface area contributed by atoms with Gasteiger partial charge in [0.2, 0.25) is 5.91 Å². The third kappa shape index (κ3) is 5.81. The van der Waals surface area contributed by atoms with E-state index < -0.39 is 0 Å². The van der Waals surface area contributed by atoms with E-state index in [1.165, 1.54) is 12.1 Å². The lowest BCUT2D eigenvalue weighted by molar-refractivity contribution is -0.128. The van der Waals surface area contributed by atoms with Crippen LogP contribution in [-0.4, -0.2) is 29.9 Å². The van der Waals surface area contributed by atoms with E-state index in [4.69, 9.17) is 0 Å². The van der Waals surface area contributed by atoms with Crippen molar-refractivity contribution in [3.63, 3.8) is 0 Å². The number of nitrogens with one attached hydrogen (secondary N) is 2. The van der Waals surface area contributed by atoms with Crippen molar-refractivity contribution < 1.29 is 9.18 Å². The van der Waals surface area contributed by atoms with Crippen molar-refractivity contribution in [2.75, 3.05) is 13.1 Å². The van der Waals surface area contributed by atoms with Gasteiger partial charge in [-0.25, -0.2) is 9.38 Å². The van der Waals surface area contributed by atoms with Gasteiger partial charge in [0, 0.05) is 32.6 Å². The fraction of sp³-hybridized carbons (Fsp3) is 0.364. The van der Waals surface area contributed by atoms with Gasteiger partial charge in [0.25, 0.3) is 0 Å². The molecule has 0 radical (unpaired) electrons. The van der Waals surface area contributed by atoms with Gasteiger partial charge in [-0.2, -0.15) is 0 Å². The van der Waals surface area contributed by atoms with Gasteiger partial charge in [0.15, 0.2) is 5.96 Å². The molecule has 1 saturated heterocycles. The summed E-state index contributed by atoms with van der Waals surface area (Å²) < 4.78 is 13.0. The molecule has 28 heavy (non-hydrogen) atoms. The fourth-order valence-electron chi connectivity index (χ4n) is 3.14. The largest absolute Gasteiger partial charge is 0.357 e. The van der Waals surface area contributed by atoms with Crippen LogP contribution in [-0.2, 0) is 24.4 Å². The molecule has 2 aromatic rings. The number of carbonyl (C=O) groups excluding carboxylic acids is 1. The molecule has 1 heterocycles. The predicted molar refractivity (Wildman–Crippen MR) is 109 cm³/mol. The van der Waals surface area contributed by atoms with Crippen LogP contribution in [0.5, 0.6) is 0 Å². The Bertz CT molecular complexity index is 802. The second kappa shape index (κ2) is 9.88. The predicted octanol–water partition coefficient (Wildman–Crippen LogP) is 3.20. The highest BCUT2D eigenvalue weighted by Gasteiger charge is 2.19. The number of carbonyl (C=O) groups is 1. The van der Waals surface area contributed by atoms with Crippen LogP contribution in [0.25, 0.3) is 0 Å². The topological polar surface area (TPSA) is 56.7 Å². The number of likely N-dealkylation sites (tertiary alicyclic amines) is 1. The second-order valence-electron chi connectivity index (χ2n) is 6.91. The molecule has 0 unspecified atom stereocenters. The second-order valence-corrected chi connectivity index (χ2v) is 6.91. The van der Waals surface area contributed by atoms with Crippen LogP contribution in [0.4, 0.5) is 4.39 Å². The van der Waals surface area contributed by atoms with Crippen molar-refractivity contribution in [2.45, 2.75) is 39.4 Å². The molecule has 0 aromatic heterocycles. The van der Waals surface area contributed by atoms with Crippen LogP contribution in [0.2, 0.25) is 0 Å². The third-order valence-electron chi connectivity index (χ3n) is 4.70. The molecule has 0 atom stereocenters. The molecule has 148 valence electrons. The van der Waals surface area contributed by atoms with Crippen LogP contribution in [0.15, 0.2) is 53.5 Å². The van der Waals surface area contributed by atoms with Gasteiger partial charge in [-0.05, 0) is 42.2 Å². The van der Waals surface area contributed by atoms with Crippen molar-refractivity contribution in [3.8, 4) is 0 Å². The van der Waals surface area contributed by atoms with Crippen LogP contribution in [0.3, 0.4) is 0 Å². The van der Waals surface area contributed by atoms with Crippen molar-refractivity contribution in [1.82, 2.24) is 15.5 Å². The Labute approximate surface area is 165 Å². The Kier molecular flexibility index (Phi) is 7.00. The first-order valence-corrected chi connectivity index (χ1v) is 9.76. The number of amides is 1. The number of hydrogen-bond donors (Lipinski definition) is 2. The number of guanidine groups is 1. The van der Waals surface area contributed by atoms with E-state index in [1.54, 1.807) is 12.1 Å². The van der Waals surface area contributed by atoms with Gasteiger partial charge in [0.1, 0.15) is 5.82 Å². The molecule has 0 saturated carbocycles. The van der Waals surface area contributed by atoms with Crippen molar-refractivity contribution in [3.05, 3.63) is 71.0 Å². The molecule has 3 rings (SSSR count). The molecule has 2 N–H and O–H groups in total. The monoisotopic (exact) mass is 382 g/mol. The highest BCUT2D eigenvalue weighted by Crippen LogP contribution is 2.14. The Balaban J connectivity index is 1.53. The molecule has 0 bridgehead atoms. The summed E-state index contributed by atoms with van der Waals surface area (Å²) in [6.07, 6.45) is 1.64. The van der Waals surface area contributed by atoms with Gasteiger partial charge in [-0.3, -0.25) is 4.79 Å². The molecule has 1 aliphatic rings. The standard InChI is InChI=1S/C22H27FN4O/c1-2-24-22(26-15-18-9-11-20(23)12-10-18)25-14-17-5-7-19(8-6-17)16-27-13-3-4-21(27)28/h5-12H,2-4,13-16H2,1H3,(H2,24,25,26). The molecular formula is C22H27FN4O. The van der Waals surface area contributed by atoms with E-state index in [1.807, 2.05) is 11.8 Å². The zero-order valence-corrected chi connectivity index (χ0v) is 16.2. The zero-order valence-electron chi connectivity index (χ0n) is 16.2. The Morgan fingerprint density at radius 2 is 1.71 bits per heavy atom. The number of rotatable bonds is 7. The third-order valence-corrected chi connectivity index (χ3v) is 4.70. The minimum absolute atomic E-state index is 0.240. The first-order chi connectivity index (χ1) is 13.6. The van der Waals surface area contributed by atoms with E-state index in [-0.39, 0.29) is 11.7 Å². The highest BCUT2D eigenvalue weighted by atomic mass is 19.1. The summed E-state index contributed by atoms with van der Waals surface area (Å²) in [5, 5.41) is 6.54. The first-order valence-electron chi connectivity index (χ1n) is 9.76. The number of halogens is 1. The maximum absolute atomic E-state index is 13.0. The molecule has 2 aromatic carbocycles. The lowest BCUT2D eigenvalue weighted by atomic mass is 10.1. The van der Waals surface area contributed by atoms with Crippen LogP contribution in [0.1, 0.15) is 36.5 Å². The normalized spacial score (nSPS) is 14.4. The molecule has 1 aliphatic heterocycles. The molecule has 0 aliphatic carbocycles. The molecule has 5 nitrogen and oxygen atoms in total. The van der Waals surface area contributed by atoms with E-state index >= 15 is 0 Å².